The molecule has 160 valence electrons. The van der Waals surface area contributed by atoms with Gasteiger partial charge >= 0.3 is 6.18 Å². The number of anilines is 1. The van der Waals surface area contributed by atoms with Crippen molar-refractivity contribution in [2.24, 2.45) is 0 Å². The molecular weight excluding hydrogens is 399 g/mol. The fraction of sp³-hybridized carbons (Fsp3) is 0.280. The molecule has 0 aliphatic carbocycles. The molecule has 3 aromatic rings. The van der Waals surface area contributed by atoms with Crippen LogP contribution in [0.2, 0.25) is 0 Å². The molecule has 2 aromatic carbocycles. The summed E-state index contributed by atoms with van der Waals surface area (Å²) < 4.78 is 40.9. The third kappa shape index (κ3) is 4.12. The average Bonchev–Trinajstić information content (AvgIpc) is 3.25. The van der Waals surface area contributed by atoms with Crippen LogP contribution >= 0.6 is 0 Å². The molecule has 0 bridgehead atoms. The SMILES string of the molecule is FC(F)(F)c1ccc(CN2CC3=C(CCN(Cc4ccccc4)C3)n3cccc32)cc1. The van der Waals surface area contributed by atoms with Gasteiger partial charge in [-0.05, 0) is 41.0 Å². The zero-order chi connectivity index (χ0) is 21.4. The van der Waals surface area contributed by atoms with Crippen LogP contribution in [-0.2, 0) is 19.3 Å². The number of alkyl halides is 3. The second kappa shape index (κ2) is 7.93. The van der Waals surface area contributed by atoms with Crippen molar-refractivity contribution < 1.29 is 13.2 Å². The second-order valence-corrected chi connectivity index (χ2v) is 8.28. The molecule has 2 aliphatic heterocycles. The Balaban J connectivity index is 1.34. The van der Waals surface area contributed by atoms with Crippen molar-refractivity contribution in [3.63, 3.8) is 0 Å². The minimum Gasteiger partial charge on any atom is -0.349 e. The Morgan fingerprint density at radius 3 is 2.26 bits per heavy atom. The quantitative estimate of drug-likeness (QED) is 0.538. The van der Waals surface area contributed by atoms with E-state index in [2.05, 4.69) is 50.9 Å². The summed E-state index contributed by atoms with van der Waals surface area (Å²) in [5.74, 6) is 1.11. The van der Waals surface area contributed by atoms with Crippen molar-refractivity contribution in [3.05, 3.63) is 95.2 Å². The van der Waals surface area contributed by atoms with Gasteiger partial charge in [-0.1, -0.05) is 42.5 Å². The fourth-order valence-electron chi connectivity index (χ4n) is 4.62. The van der Waals surface area contributed by atoms with Crippen LogP contribution in [0.4, 0.5) is 19.0 Å². The summed E-state index contributed by atoms with van der Waals surface area (Å²) in [6.07, 6.45) is -1.21. The monoisotopic (exact) mass is 423 g/mol. The smallest absolute Gasteiger partial charge is 0.349 e. The van der Waals surface area contributed by atoms with Crippen molar-refractivity contribution in [3.8, 4) is 0 Å². The van der Waals surface area contributed by atoms with Crippen LogP contribution < -0.4 is 4.90 Å². The normalized spacial score (nSPS) is 16.9. The Labute approximate surface area is 180 Å². The molecule has 0 N–H and O–H groups in total. The van der Waals surface area contributed by atoms with Gasteiger partial charge in [-0.2, -0.15) is 13.2 Å². The van der Waals surface area contributed by atoms with Crippen LogP contribution in [0.25, 0.3) is 5.70 Å². The van der Waals surface area contributed by atoms with E-state index in [1.54, 1.807) is 12.1 Å². The van der Waals surface area contributed by atoms with Gasteiger partial charge in [-0.25, -0.2) is 0 Å². The van der Waals surface area contributed by atoms with Crippen LogP contribution in [-0.4, -0.2) is 29.1 Å². The number of hydrogen-bond acceptors (Lipinski definition) is 2. The Morgan fingerprint density at radius 1 is 0.774 bits per heavy atom. The first-order valence-electron chi connectivity index (χ1n) is 10.5. The van der Waals surface area contributed by atoms with E-state index in [4.69, 9.17) is 0 Å². The van der Waals surface area contributed by atoms with E-state index >= 15 is 0 Å². The highest BCUT2D eigenvalue weighted by Gasteiger charge is 2.31. The number of rotatable bonds is 4. The summed E-state index contributed by atoms with van der Waals surface area (Å²) in [4.78, 5) is 4.73. The lowest BCUT2D eigenvalue weighted by molar-refractivity contribution is -0.137. The zero-order valence-corrected chi connectivity index (χ0v) is 17.1. The van der Waals surface area contributed by atoms with Gasteiger partial charge in [0.15, 0.2) is 0 Å². The van der Waals surface area contributed by atoms with E-state index in [1.165, 1.54) is 29.0 Å². The van der Waals surface area contributed by atoms with E-state index < -0.39 is 11.7 Å². The maximum absolute atomic E-state index is 12.9. The molecule has 0 saturated heterocycles. The molecule has 0 saturated carbocycles. The van der Waals surface area contributed by atoms with Gasteiger partial charge in [0.1, 0.15) is 5.82 Å². The third-order valence-electron chi connectivity index (χ3n) is 6.11. The molecule has 5 rings (SSSR count). The predicted octanol–water partition coefficient (Wildman–Crippen LogP) is 5.64. The van der Waals surface area contributed by atoms with Gasteiger partial charge in [-0.3, -0.25) is 4.90 Å². The number of benzene rings is 2. The van der Waals surface area contributed by atoms with E-state index in [1.807, 2.05) is 12.1 Å². The van der Waals surface area contributed by atoms with Crippen molar-refractivity contribution in [2.45, 2.75) is 25.7 Å². The minimum atomic E-state index is -4.30. The number of aromatic nitrogens is 1. The summed E-state index contributed by atoms with van der Waals surface area (Å²) in [7, 11) is 0. The van der Waals surface area contributed by atoms with Crippen LogP contribution in [0.15, 0.2) is 78.5 Å². The van der Waals surface area contributed by atoms with Crippen molar-refractivity contribution in [1.82, 2.24) is 9.47 Å². The molecule has 0 fully saturated rings. The number of fused-ring (bicyclic) bond motifs is 2. The summed E-state index contributed by atoms with van der Waals surface area (Å²) in [6.45, 7) is 4.23. The molecule has 2 aliphatic rings. The molecule has 0 atom stereocenters. The Bertz CT molecular complexity index is 1080. The highest BCUT2D eigenvalue weighted by Crippen LogP contribution is 2.35. The van der Waals surface area contributed by atoms with Crippen LogP contribution in [0.1, 0.15) is 23.1 Å². The zero-order valence-electron chi connectivity index (χ0n) is 17.1. The standard InChI is InChI=1S/C25H24F3N3/c26-25(27,28)22-10-8-20(9-11-22)16-30-18-21-17-29(15-19-5-2-1-3-6-19)14-12-23(21)31-13-4-7-24(30)31/h1-11,13H,12,14-18H2. The molecule has 1 aromatic heterocycles. The minimum absolute atomic E-state index is 0.581. The van der Waals surface area contributed by atoms with E-state index in [0.717, 1.165) is 44.0 Å². The van der Waals surface area contributed by atoms with Gasteiger partial charge in [0.25, 0.3) is 0 Å². The molecule has 3 nitrogen and oxygen atoms in total. The fourth-order valence-corrected chi connectivity index (χ4v) is 4.62. The molecule has 3 heterocycles. The van der Waals surface area contributed by atoms with Crippen LogP contribution in [0.5, 0.6) is 0 Å². The number of halogens is 3. The van der Waals surface area contributed by atoms with E-state index in [0.29, 0.717) is 6.54 Å². The first-order chi connectivity index (χ1) is 15.0. The van der Waals surface area contributed by atoms with Crippen molar-refractivity contribution in [1.29, 1.82) is 0 Å². The molecule has 0 amide bonds. The predicted molar refractivity (Wildman–Crippen MR) is 116 cm³/mol. The van der Waals surface area contributed by atoms with Crippen LogP contribution in [0.3, 0.4) is 0 Å². The van der Waals surface area contributed by atoms with Crippen molar-refractivity contribution >= 4 is 11.5 Å². The molecular formula is C25H24F3N3. The lowest BCUT2D eigenvalue weighted by Crippen LogP contribution is -2.40. The lowest BCUT2D eigenvalue weighted by Gasteiger charge is -2.39. The first-order valence-corrected chi connectivity index (χ1v) is 10.5. The Kier molecular flexibility index (Phi) is 5.10. The van der Waals surface area contributed by atoms with Crippen molar-refractivity contribution in [2.75, 3.05) is 24.5 Å². The molecule has 0 spiro atoms. The Morgan fingerprint density at radius 2 is 1.52 bits per heavy atom. The maximum atomic E-state index is 12.9. The van der Waals surface area contributed by atoms with E-state index in [-0.39, 0.29) is 0 Å². The Hall–Kier alpha value is -2.99. The highest BCUT2D eigenvalue weighted by atomic mass is 19.4. The molecule has 0 unspecified atom stereocenters. The summed E-state index contributed by atoms with van der Waals surface area (Å²) in [5.41, 5.74) is 4.34. The number of hydrogen-bond donors (Lipinski definition) is 0. The lowest BCUT2D eigenvalue weighted by atomic mass is 10.0. The van der Waals surface area contributed by atoms with Crippen LogP contribution in [0, 0.1) is 0 Å². The maximum Gasteiger partial charge on any atom is 0.416 e. The highest BCUT2D eigenvalue weighted by molar-refractivity contribution is 5.66. The summed E-state index contributed by atoms with van der Waals surface area (Å²) >= 11 is 0. The largest absolute Gasteiger partial charge is 0.416 e. The number of nitrogens with zero attached hydrogens (tertiary/aromatic N) is 3. The third-order valence-corrected chi connectivity index (χ3v) is 6.11. The molecule has 31 heavy (non-hydrogen) atoms. The van der Waals surface area contributed by atoms with Gasteiger partial charge in [0.2, 0.25) is 0 Å². The van der Waals surface area contributed by atoms with Gasteiger partial charge in [0, 0.05) is 51.0 Å². The summed E-state index contributed by atoms with van der Waals surface area (Å²) in [5, 5.41) is 0. The molecule has 0 radical (unpaired) electrons. The first kappa shape index (κ1) is 19.9. The second-order valence-electron chi connectivity index (χ2n) is 8.28. The summed E-state index contributed by atoms with van der Waals surface area (Å²) in [6, 6.07) is 20.1. The average molecular weight is 423 g/mol. The van der Waals surface area contributed by atoms with Gasteiger partial charge < -0.3 is 9.47 Å². The topological polar surface area (TPSA) is 11.4 Å². The van der Waals surface area contributed by atoms with Gasteiger partial charge in [-0.15, -0.1) is 0 Å². The molecule has 6 heteroatoms. The van der Waals surface area contributed by atoms with E-state index in [9.17, 15) is 13.2 Å². The van der Waals surface area contributed by atoms with Gasteiger partial charge in [0.05, 0.1) is 5.56 Å².